The first-order valence-corrected chi connectivity index (χ1v) is 5.42. The molecular formula is C11H16N6. The number of rotatable bonds is 4. The highest BCUT2D eigenvalue weighted by Crippen LogP contribution is 2.13. The minimum absolute atomic E-state index is 0.543. The second-order valence-electron chi connectivity index (χ2n) is 3.93. The summed E-state index contributed by atoms with van der Waals surface area (Å²) in [5.41, 5.74) is 8.05. The highest BCUT2D eigenvalue weighted by Gasteiger charge is 2.10. The van der Waals surface area contributed by atoms with E-state index in [1.54, 1.807) is 4.68 Å². The molecule has 2 rings (SSSR count). The van der Waals surface area contributed by atoms with Crippen LogP contribution in [-0.4, -0.2) is 27.3 Å². The van der Waals surface area contributed by atoms with Gasteiger partial charge in [-0.2, -0.15) is 0 Å². The number of aryl methyl sites for hydroxylation is 1. The molecule has 0 bridgehead atoms. The topological polar surface area (TPSA) is 72.9 Å². The van der Waals surface area contributed by atoms with Gasteiger partial charge in [0.05, 0.1) is 0 Å². The maximum absolute atomic E-state index is 5.71. The van der Waals surface area contributed by atoms with Crippen LogP contribution in [0, 0.1) is 0 Å². The smallest absolute Gasteiger partial charge is 0.245 e. The van der Waals surface area contributed by atoms with Gasteiger partial charge in [0, 0.05) is 27.2 Å². The molecule has 6 nitrogen and oxygen atoms in total. The summed E-state index contributed by atoms with van der Waals surface area (Å²) in [5.74, 6) is 0.733. The van der Waals surface area contributed by atoms with Crippen molar-refractivity contribution in [3.63, 3.8) is 0 Å². The predicted molar refractivity (Wildman–Crippen MR) is 65.2 cm³/mol. The van der Waals surface area contributed by atoms with Crippen LogP contribution in [0.25, 0.3) is 0 Å². The lowest BCUT2D eigenvalue weighted by Crippen LogP contribution is -2.21. The molecule has 2 N–H and O–H groups in total. The van der Waals surface area contributed by atoms with Crippen molar-refractivity contribution in [1.29, 1.82) is 0 Å². The molecule has 0 aliphatic carbocycles. The van der Waals surface area contributed by atoms with Gasteiger partial charge in [-0.1, -0.05) is 29.4 Å². The number of hydrogen-bond donors (Lipinski definition) is 1. The largest absolute Gasteiger partial charge is 0.338 e. The number of anilines is 1. The molecule has 1 heterocycles. The van der Waals surface area contributed by atoms with E-state index in [0.717, 1.165) is 18.1 Å². The van der Waals surface area contributed by atoms with E-state index in [0.29, 0.717) is 6.54 Å². The Labute approximate surface area is 100 Å². The normalized spacial score (nSPS) is 10.5. The lowest BCUT2D eigenvalue weighted by atomic mass is 10.1. The zero-order chi connectivity index (χ0) is 12.3. The fraction of sp³-hybridized carbons (Fsp3) is 0.364. The van der Waals surface area contributed by atoms with E-state index < -0.39 is 0 Å². The van der Waals surface area contributed by atoms with Gasteiger partial charge in [0.25, 0.3) is 0 Å². The van der Waals surface area contributed by atoms with Crippen molar-refractivity contribution in [2.45, 2.75) is 13.1 Å². The average Bonchev–Trinajstić information content (AvgIpc) is 2.76. The monoisotopic (exact) mass is 232 g/mol. The van der Waals surface area contributed by atoms with E-state index in [1.807, 2.05) is 37.2 Å². The predicted octanol–water partition coefficient (Wildman–Crippen LogP) is 0.305. The van der Waals surface area contributed by atoms with Crippen molar-refractivity contribution in [2.75, 3.05) is 11.9 Å². The summed E-state index contributed by atoms with van der Waals surface area (Å²) in [6, 6.07) is 8.12. The molecule has 0 saturated heterocycles. The second-order valence-corrected chi connectivity index (χ2v) is 3.93. The lowest BCUT2D eigenvalue weighted by molar-refractivity contribution is 0.695. The zero-order valence-corrected chi connectivity index (χ0v) is 10.0. The van der Waals surface area contributed by atoms with E-state index in [9.17, 15) is 0 Å². The quantitative estimate of drug-likeness (QED) is 0.821. The van der Waals surface area contributed by atoms with Gasteiger partial charge in [-0.25, -0.2) is 4.68 Å². The number of tetrazole rings is 1. The molecule has 17 heavy (non-hydrogen) atoms. The van der Waals surface area contributed by atoms with Gasteiger partial charge in [0.2, 0.25) is 5.95 Å². The number of nitrogens with two attached hydrogens (primary N) is 1. The summed E-state index contributed by atoms with van der Waals surface area (Å²) in [6.07, 6.45) is 0. The first kappa shape index (κ1) is 11.5. The van der Waals surface area contributed by atoms with Crippen LogP contribution in [0.4, 0.5) is 5.95 Å². The SMILES string of the molecule is CN(Cc1ccccc1CN)c1nnnn1C. The molecule has 0 saturated carbocycles. The summed E-state index contributed by atoms with van der Waals surface area (Å²) in [6.45, 7) is 1.28. The highest BCUT2D eigenvalue weighted by molar-refractivity contribution is 5.33. The molecule has 0 amide bonds. The molecule has 6 heteroatoms. The van der Waals surface area contributed by atoms with Crippen LogP contribution in [0.5, 0.6) is 0 Å². The second kappa shape index (κ2) is 4.92. The summed E-state index contributed by atoms with van der Waals surface area (Å²) in [5, 5.41) is 11.4. The fourth-order valence-electron chi connectivity index (χ4n) is 1.79. The molecule has 0 aliphatic rings. The first-order chi connectivity index (χ1) is 8.22. The Morgan fingerprint density at radius 1 is 1.29 bits per heavy atom. The Bertz CT molecular complexity index is 492. The van der Waals surface area contributed by atoms with Crippen LogP contribution in [-0.2, 0) is 20.1 Å². The maximum atomic E-state index is 5.71. The number of aromatic nitrogens is 4. The van der Waals surface area contributed by atoms with E-state index in [4.69, 9.17) is 5.73 Å². The summed E-state index contributed by atoms with van der Waals surface area (Å²) >= 11 is 0. The molecule has 90 valence electrons. The Morgan fingerprint density at radius 3 is 2.59 bits per heavy atom. The van der Waals surface area contributed by atoms with Crippen LogP contribution in [0.1, 0.15) is 11.1 Å². The van der Waals surface area contributed by atoms with Crippen molar-refractivity contribution in [3.05, 3.63) is 35.4 Å². The first-order valence-electron chi connectivity index (χ1n) is 5.42. The molecule has 2 aromatic rings. The third-order valence-electron chi connectivity index (χ3n) is 2.69. The van der Waals surface area contributed by atoms with Gasteiger partial charge in [-0.15, -0.1) is 0 Å². The van der Waals surface area contributed by atoms with Crippen LogP contribution in [0.3, 0.4) is 0 Å². The molecule has 0 spiro atoms. The summed E-state index contributed by atoms with van der Waals surface area (Å²) in [7, 11) is 3.78. The molecular weight excluding hydrogens is 216 g/mol. The molecule has 0 radical (unpaired) electrons. The van der Waals surface area contributed by atoms with E-state index >= 15 is 0 Å². The van der Waals surface area contributed by atoms with Crippen molar-refractivity contribution >= 4 is 5.95 Å². The van der Waals surface area contributed by atoms with E-state index in [2.05, 4.69) is 21.6 Å². The molecule has 0 unspecified atom stereocenters. The molecule has 1 aromatic carbocycles. The van der Waals surface area contributed by atoms with Crippen molar-refractivity contribution in [3.8, 4) is 0 Å². The molecule has 0 atom stereocenters. The Morgan fingerprint density at radius 2 is 2.00 bits per heavy atom. The average molecular weight is 232 g/mol. The van der Waals surface area contributed by atoms with Crippen LogP contribution in [0.2, 0.25) is 0 Å². The zero-order valence-electron chi connectivity index (χ0n) is 10.0. The van der Waals surface area contributed by atoms with Gasteiger partial charge < -0.3 is 10.6 Å². The van der Waals surface area contributed by atoms with Gasteiger partial charge in [-0.05, 0) is 21.6 Å². The minimum atomic E-state index is 0.543. The number of nitrogens with zero attached hydrogens (tertiary/aromatic N) is 5. The minimum Gasteiger partial charge on any atom is -0.338 e. The van der Waals surface area contributed by atoms with Gasteiger partial charge in [-0.3, -0.25) is 0 Å². The van der Waals surface area contributed by atoms with Gasteiger partial charge in [0.1, 0.15) is 0 Å². The van der Waals surface area contributed by atoms with Gasteiger partial charge in [0.15, 0.2) is 0 Å². The summed E-state index contributed by atoms with van der Waals surface area (Å²) in [4.78, 5) is 1.99. The van der Waals surface area contributed by atoms with Crippen LogP contribution in [0.15, 0.2) is 24.3 Å². The van der Waals surface area contributed by atoms with E-state index in [1.165, 1.54) is 5.56 Å². The third-order valence-corrected chi connectivity index (χ3v) is 2.69. The number of benzene rings is 1. The Kier molecular flexibility index (Phi) is 3.34. The summed E-state index contributed by atoms with van der Waals surface area (Å²) < 4.78 is 1.64. The molecule has 0 fully saturated rings. The third kappa shape index (κ3) is 2.42. The van der Waals surface area contributed by atoms with Gasteiger partial charge >= 0.3 is 0 Å². The van der Waals surface area contributed by atoms with E-state index in [-0.39, 0.29) is 0 Å². The standard InChI is InChI=1S/C11H16N6/c1-16(11-13-14-15-17(11)2)8-10-6-4-3-5-9(10)7-12/h3-6H,7-8,12H2,1-2H3. The lowest BCUT2D eigenvalue weighted by Gasteiger charge is -2.18. The Hall–Kier alpha value is -1.95. The fourth-order valence-corrected chi connectivity index (χ4v) is 1.79. The number of hydrogen-bond acceptors (Lipinski definition) is 5. The Balaban J connectivity index is 2.18. The molecule has 1 aromatic heterocycles. The van der Waals surface area contributed by atoms with Crippen LogP contribution >= 0.6 is 0 Å². The molecule has 0 aliphatic heterocycles. The highest BCUT2D eigenvalue weighted by atomic mass is 15.6. The van der Waals surface area contributed by atoms with Crippen LogP contribution < -0.4 is 10.6 Å². The maximum Gasteiger partial charge on any atom is 0.245 e. The van der Waals surface area contributed by atoms with Crippen molar-refractivity contribution < 1.29 is 0 Å². The van der Waals surface area contributed by atoms with Crippen molar-refractivity contribution in [1.82, 2.24) is 20.2 Å². The van der Waals surface area contributed by atoms with Crippen molar-refractivity contribution in [2.24, 2.45) is 12.8 Å².